The van der Waals surface area contributed by atoms with E-state index < -0.39 is 22.3 Å². The quantitative estimate of drug-likeness (QED) is 0.0768. The highest BCUT2D eigenvalue weighted by Gasteiger charge is 2.54. The van der Waals surface area contributed by atoms with Gasteiger partial charge in [-0.1, -0.05) is 356 Å². The second-order valence-corrected chi connectivity index (χ2v) is 32.4. The molecule has 0 saturated heterocycles. The van der Waals surface area contributed by atoms with E-state index in [2.05, 4.69) is 359 Å². The van der Waals surface area contributed by atoms with E-state index in [-0.39, 0.29) is 0 Å². The van der Waals surface area contributed by atoms with Gasteiger partial charge >= 0.3 is 0 Å². The lowest BCUT2D eigenvalue weighted by molar-refractivity contribution is 0.801. The number of hydrogen-bond acceptors (Lipinski definition) is 0. The molecule has 1 unspecified atom stereocenters. The lowest BCUT2D eigenvalue weighted by Gasteiger charge is -2.33. The zero-order valence-electron chi connectivity index (χ0n) is 52.1. The maximum absolute atomic E-state index is 3.01. The summed E-state index contributed by atoms with van der Waals surface area (Å²) in [7, 11) is -5.26. The molecule has 0 amide bonds. The Kier molecular flexibility index (Phi) is 12.4. The van der Waals surface area contributed by atoms with Gasteiger partial charge in [0.15, 0.2) is 8.07 Å². The Hall–Kier alpha value is -11.3. The predicted octanol–water partition coefficient (Wildman–Crippen LogP) is 18.1. The number of hydrogen-bond donors (Lipinski definition) is 0. The van der Waals surface area contributed by atoms with Gasteiger partial charge in [0, 0.05) is 0 Å². The maximum Gasteiger partial charge on any atom is 0.181 e. The molecule has 3 aliphatic rings. The van der Waals surface area contributed by atoms with Crippen LogP contribution >= 0.6 is 0 Å². The molecule has 94 heavy (non-hydrogen) atoms. The Bertz CT molecular complexity index is 5670. The summed E-state index contributed by atoms with van der Waals surface area (Å²) in [6, 6.07) is 136. The van der Waals surface area contributed by atoms with Gasteiger partial charge < -0.3 is 0 Å². The first-order valence-corrected chi connectivity index (χ1v) is 36.8. The van der Waals surface area contributed by atoms with Crippen LogP contribution < -0.4 is 36.3 Å². The van der Waals surface area contributed by atoms with Crippen LogP contribution in [0.4, 0.5) is 0 Å². The Morgan fingerprint density at radius 3 is 1.36 bits per heavy atom. The third-order valence-corrected chi connectivity index (χ3v) is 29.7. The van der Waals surface area contributed by atoms with Crippen LogP contribution in [-0.2, 0) is 5.41 Å². The molecule has 1 spiro atoms. The molecule has 16 aromatic rings. The highest BCUT2D eigenvalue weighted by Crippen LogP contribution is 2.66. The summed E-state index contributed by atoms with van der Waals surface area (Å²) < 4.78 is 0. The molecular formula is C92H62Si2. The molecule has 16 aromatic carbocycles. The summed E-state index contributed by atoms with van der Waals surface area (Å²) in [5.74, 6) is 0. The summed E-state index contributed by atoms with van der Waals surface area (Å²) in [5.41, 5.74) is 24.1. The van der Waals surface area contributed by atoms with Crippen molar-refractivity contribution in [3.05, 3.63) is 380 Å². The molecule has 2 heteroatoms. The fourth-order valence-corrected chi connectivity index (χ4v) is 26.7. The molecule has 2 aliphatic carbocycles. The van der Waals surface area contributed by atoms with Crippen LogP contribution in [0.25, 0.3) is 110 Å². The van der Waals surface area contributed by atoms with Gasteiger partial charge in [0.25, 0.3) is 0 Å². The van der Waals surface area contributed by atoms with Crippen molar-refractivity contribution in [2.75, 3.05) is 0 Å². The zero-order chi connectivity index (χ0) is 62.1. The summed E-state index contributed by atoms with van der Waals surface area (Å²) in [6.45, 7) is 2.28. The molecule has 0 saturated carbocycles. The van der Waals surface area contributed by atoms with Gasteiger partial charge in [-0.2, -0.15) is 0 Å². The zero-order valence-corrected chi connectivity index (χ0v) is 54.2. The molecule has 0 aromatic heterocycles. The van der Waals surface area contributed by atoms with Gasteiger partial charge in [0.1, 0.15) is 8.80 Å². The normalized spacial score (nSPS) is 14.4. The van der Waals surface area contributed by atoms with Crippen molar-refractivity contribution >= 4 is 85.5 Å². The van der Waals surface area contributed by atoms with Crippen molar-refractivity contribution in [2.24, 2.45) is 0 Å². The first-order valence-electron chi connectivity index (χ1n) is 33.1. The predicted molar refractivity (Wildman–Crippen MR) is 403 cm³/mol. The second kappa shape index (κ2) is 21.4. The smallest absolute Gasteiger partial charge is 0.0625 e. The average Bonchev–Trinajstić information content (AvgIpc) is 1.50. The van der Waals surface area contributed by atoms with Crippen molar-refractivity contribution in [1.29, 1.82) is 0 Å². The number of benzene rings is 16. The van der Waals surface area contributed by atoms with Crippen LogP contribution in [0.15, 0.2) is 352 Å². The van der Waals surface area contributed by atoms with Crippen LogP contribution in [-0.4, -0.2) is 16.9 Å². The largest absolute Gasteiger partial charge is 0.181 e. The second-order valence-electron chi connectivity index (χ2n) is 25.9. The van der Waals surface area contributed by atoms with Crippen molar-refractivity contribution in [2.45, 2.75) is 12.3 Å². The average molecular weight is 1220 g/mol. The van der Waals surface area contributed by atoms with Gasteiger partial charge in [-0.15, -0.1) is 0 Å². The van der Waals surface area contributed by atoms with Gasteiger partial charge in [0.05, 0.1) is 5.41 Å². The van der Waals surface area contributed by atoms with E-state index in [4.69, 9.17) is 0 Å². The molecule has 0 radical (unpaired) electrons. The fourth-order valence-electron chi connectivity index (χ4n) is 17.9. The summed E-state index contributed by atoms with van der Waals surface area (Å²) in [4.78, 5) is 0. The lowest BCUT2D eigenvalue weighted by atomic mass is 9.69. The molecule has 0 N–H and O–H groups in total. The molecule has 1 aliphatic heterocycles. The number of rotatable bonds is 9. The van der Waals surface area contributed by atoms with E-state index >= 15 is 0 Å². The fraction of sp³-hybridized carbons (Fsp3) is 0.0217. The highest BCUT2D eigenvalue weighted by atomic mass is 28.3. The van der Waals surface area contributed by atoms with Gasteiger partial charge in [0.2, 0.25) is 0 Å². The molecule has 438 valence electrons. The Morgan fingerprint density at radius 1 is 0.266 bits per heavy atom. The molecule has 0 bridgehead atoms. The first-order chi connectivity index (χ1) is 46.6. The van der Waals surface area contributed by atoms with Crippen molar-refractivity contribution < 1.29 is 0 Å². The number of aryl methyl sites for hydroxylation is 1. The summed E-state index contributed by atoms with van der Waals surface area (Å²) >= 11 is 0. The standard InChI is InChI=1S/C92H62Si2/c1-60-29-14-16-39-66(60)75-48-26-49-76(90(75)93(62-31-6-2-7-32-62)63-33-8-3-9-34-63)68-44-24-46-72-81(68)59-82-69(77-50-27-51-78-71-42-20-23-56-86(71)94(91(77)78,64-35-10-4-11-36-64)65-37-12-5-13-38-65)45-25-47-73(82)87(72)80-52-28-55-85-88(80)79-43-19-22-54-84(79)92(85)83-53-21-18-41-70(83)74-58-57-61-30-15-17-40-67(61)89(74)92/h2-59,93H,1H3. The SMILES string of the molecule is Cc1ccccc1-c1cccc(-c2cccc3c(-c4cccc5c4-c4ccccc4C54c5ccccc5-c5ccc6ccccc6c54)c4cccc(-c5cccc6c5[Si](c5ccccc5)(c5ccccc5)c5ccccc5-6)c4cc23)c1[SiH](c1ccccc1)c1ccccc1. The summed E-state index contributed by atoms with van der Waals surface area (Å²) in [6.07, 6.45) is 0. The van der Waals surface area contributed by atoms with Gasteiger partial charge in [-0.25, -0.2) is 0 Å². The third kappa shape index (κ3) is 7.67. The molecular weight excluding hydrogens is 1160 g/mol. The van der Waals surface area contributed by atoms with E-state index in [0.717, 1.165) is 0 Å². The van der Waals surface area contributed by atoms with E-state index in [1.165, 1.54) is 174 Å². The van der Waals surface area contributed by atoms with Crippen LogP contribution in [0.1, 0.15) is 27.8 Å². The van der Waals surface area contributed by atoms with Crippen LogP contribution in [0, 0.1) is 6.92 Å². The first kappa shape index (κ1) is 54.5. The molecule has 0 nitrogen and oxygen atoms in total. The van der Waals surface area contributed by atoms with Gasteiger partial charge in [-0.3, -0.25) is 0 Å². The number of fused-ring (bicyclic) bond motifs is 17. The Balaban J connectivity index is 0.972. The molecule has 0 fully saturated rings. The minimum atomic E-state index is -3.01. The van der Waals surface area contributed by atoms with E-state index in [9.17, 15) is 0 Å². The Labute approximate surface area is 551 Å². The van der Waals surface area contributed by atoms with Crippen LogP contribution in [0.5, 0.6) is 0 Å². The lowest BCUT2D eigenvalue weighted by Crippen LogP contribution is -2.73. The van der Waals surface area contributed by atoms with E-state index in [0.29, 0.717) is 0 Å². The van der Waals surface area contributed by atoms with Crippen molar-refractivity contribution in [3.8, 4) is 77.9 Å². The molecule has 19 rings (SSSR count). The minimum absolute atomic E-state index is 0.576. The van der Waals surface area contributed by atoms with Crippen LogP contribution in [0.2, 0.25) is 0 Å². The van der Waals surface area contributed by atoms with Gasteiger partial charge in [-0.05, 0) is 177 Å². The monoisotopic (exact) mass is 1220 g/mol. The summed E-state index contributed by atoms with van der Waals surface area (Å²) in [5, 5.41) is 17.4. The third-order valence-electron chi connectivity index (χ3n) is 21.5. The molecule has 1 heterocycles. The minimum Gasteiger partial charge on any atom is -0.0625 e. The topological polar surface area (TPSA) is 0 Å². The van der Waals surface area contributed by atoms with Crippen molar-refractivity contribution in [1.82, 2.24) is 0 Å². The van der Waals surface area contributed by atoms with Crippen LogP contribution in [0.3, 0.4) is 0 Å². The Morgan fingerprint density at radius 2 is 0.702 bits per heavy atom. The van der Waals surface area contributed by atoms with E-state index in [1.807, 2.05) is 0 Å². The maximum atomic E-state index is 2.62. The van der Waals surface area contributed by atoms with E-state index in [1.54, 1.807) is 0 Å². The highest BCUT2D eigenvalue weighted by molar-refractivity contribution is 7.22. The molecule has 1 atom stereocenters. The van der Waals surface area contributed by atoms with Crippen molar-refractivity contribution in [3.63, 3.8) is 0 Å².